The molecule has 1 atom stereocenters. The van der Waals surface area contributed by atoms with Gasteiger partial charge in [0.25, 0.3) is 5.91 Å². The Labute approximate surface area is 154 Å². The number of ether oxygens (including phenoxy) is 1. The van der Waals surface area contributed by atoms with Crippen LogP contribution < -0.4 is 9.64 Å². The summed E-state index contributed by atoms with van der Waals surface area (Å²) in [6.07, 6.45) is -0.585. The molecular formula is C23H23NO2. The van der Waals surface area contributed by atoms with Gasteiger partial charge < -0.3 is 4.74 Å². The van der Waals surface area contributed by atoms with Gasteiger partial charge in [-0.25, -0.2) is 0 Å². The first-order chi connectivity index (χ1) is 12.7. The second kappa shape index (κ2) is 8.34. The van der Waals surface area contributed by atoms with Crippen molar-refractivity contribution >= 4 is 17.3 Å². The number of hydrogen-bond donors (Lipinski definition) is 0. The lowest BCUT2D eigenvalue weighted by Crippen LogP contribution is -2.42. The molecule has 0 aliphatic rings. The van der Waals surface area contributed by atoms with E-state index in [1.165, 1.54) is 0 Å². The zero-order chi connectivity index (χ0) is 18.4. The first-order valence-corrected chi connectivity index (χ1v) is 8.82. The Morgan fingerprint density at radius 2 is 1.15 bits per heavy atom. The molecule has 0 aromatic heterocycles. The number of anilines is 2. The molecule has 0 N–H and O–H groups in total. The molecule has 1 unspecified atom stereocenters. The average Bonchev–Trinajstić information content (AvgIpc) is 2.68. The molecule has 0 saturated heterocycles. The minimum atomic E-state index is -0.585. The molecule has 26 heavy (non-hydrogen) atoms. The molecule has 0 fully saturated rings. The molecule has 0 spiro atoms. The third-order valence-corrected chi connectivity index (χ3v) is 4.10. The fraction of sp³-hybridized carbons (Fsp3) is 0.174. The maximum atomic E-state index is 13.5. The smallest absolute Gasteiger partial charge is 0.272 e. The topological polar surface area (TPSA) is 29.5 Å². The molecule has 1 amide bonds. The zero-order valence-corrected chi connectivity index (χ0v) is 15.1. The second-order valence-corrected chi connectivity index (χ2v) is 6.44. The van der Waals surface area contributed by atoms with E-state index in [1.807, 2.05) is 105 Å². The van der Waals surface area contributed by atoms with Crippen molar-refractivity contribution in [3.05, 3.63) is 91.0 Å². The van der Waals surface area contributed by atoms with Gasteiger partial charge in [0.15, 0.2) is 6.10 Å². The number of carbonyl (C=O) groups is 1. The molecule has 0 heterocycles. The third kappa shape index (κ3) is 4.12. The first kappa shape index (κ1) is 17.7. The highest BCUT2D eigenvalue weighted by Crippen LogP contribution is 2.28. The van der Waals surface area contributed by atoms with E-state index in [2.05, 4.69) is 0 Å². The van der Waals surface area contributed by atoms with Gasteiger partial charge in [0.1, 0.15) is 5.75 Å². The summed E-state index contributed by atoms with van der Waals surface area (Å²) in [7, 11) is 0. The van der Waals surface area contributed by atoms with Crippen molar-refractivity contribution in [3.63, 3.8) is 0 Å². The van der Waals surface area contributed by atoms with Crippen molar-refractivity contribution in [3.8, 4) is 5.75 Å². The first-order valence-electron chi connectivity index (χ1n) is 8.82. The Balaban J connectivity index is 1.97. The summed E-state index contributed by atoms with van der Waals surface area (Å²) in [5, 5.41) is 0. The minimum absolute atomic E-state index is 0.0256. The second-order valence-electron chi connectivity index (χ2n) is 6.44. The van der Waals surface area contributed by atoms with Crippen molar-refractivity contribution in [2.24, 2.45) is 5.92 Å². The van der Waals surface area contributed by atoms with Gasteiger partial charge in [-0.05, 0) is 42.3 Å². The predicted molar refractivity (Wildman–Crippen MR) is 106 cm³/mol. The van der Waals surface area contributed by atoms with E-state index in [0.29, 0.717) is 5.75 Å². The van der Waals surface area contributed by atoms with E-state index >= 15 is 0 Å². The van der Waals surface area contributed by atoms with Crippen molar-refractivity contribution < 1.29 is 9.53 Å². The summed E-state index contributed by atoms with van der Waals surface area (Å²) < 4.78 is 6.07. The quantitative estimate of drug-likeness (QED) is 0.594. The van der Waals surface area contributed by atoms with Crippen LogP contribution >= 0.6 is 0 Å². The van der Waals surface area contributed by atoms with Crippen molar-refractivity contribution in [1.29, 1.82) is 0 Å². The summed E-state index contributed by atoms with van der Waals surface area (Å²) in [6.45, 7) is 4.00. The summed E-state index contributed by atoms with van der Waals surface area (Å²) in [6, 6.07) is 28.8. The molecule has 0 saturated carbocycles. The standard InChI is InChI=1S/C23H23NO2/c1-18(2)22(26-21-16-10-5-11-17-21)23(25)24(19-12-6-3-7-13-19)20-14-8-4-9-15-20/h3-18,22H,1-2H3. The Kier molecular flexibility index (Phi) is 5.69. The highest BCUT2D eigenvalue weighted by Gasteiger charge is 2.31. The van der Waals surface area contributed by atoms with Crippen LogP contribution in [0.3, 0.4) is 0 Å². The van der Waals surface area contributed by atoms with Crippen molar-refractivity contribution in [1.82, 2.24) is 0 Å². The Morgan fingerprint density at radius 3 is 1.58 bits per heavy atom. The maximum Gasteiger partial charge on any atom is 0.272 e. The Morgan fingerprint density at radius 1 is 0.731 bits per heavy atom. The molecule has 3 rings (SSSR count). The van der Waals surface area contributed by atoms with Gasteiger partial charge in [0, 0.05) is 11.4 Å². The van der Waals surface area contributed by atoms with Crippen LogP contribution in [0.1, 0.15) is 13.8 Å². The Bertz CT molecular complexity index is 777. The van der Waals surface area contributed by atoms with Gasteiger partial charge in [0.2, 0.25) is 0 Å². The van der Waals surface area contributed by atoms with Gasteiger partial charge in [0.05, 0.1) is 0 Å². The summed E-state index contributed by atoms with van der Waals surface area (Å²) in [4.78, 5) is 15.2. The fourth-order valence-electron chi connectivity index (χ4n) is 2.80. The van der Waals surface area contributed by atoms with Crippen LogP contribution in [0.15, 0.2) is 91.0 Å². The highest BCUT2D eigenvalue weighted by atomic mass is 16.5. The molecule has 0 aliphatic heterocycles. The normalized spacial score (nSPS) is 11.8. The molecule has 132 valence electrons. The van der Waals surface area contributed by atoms with E-state index in [9.17, 15) is 4.79 Å². The van der Waals surface area contributed by atoms with E-state index in [0.717, 1.165) is 11.4 Å². The van der Waals surface area contributed by atoms with E-state index in [4.69, 9.17) is 4.74 Å². The zero-order valence-electron chi connectivity index (χ0n) is 15.1. The SMILES string of the molecule is CC(C)C(Oc1ccccc1)C(=O)N(c1ccccc1)c1ccccc1. The lowest BCUT2D eigenvalue weighted by atomic mass is 10.0. The van der Waals surface area contributed by atoms with Crippen LogP contribution in [0.25, 0.3) is 0 Å². The molecule has 3 heteroatoms. The number of benzene rings is 3. The minimum Gasteiger partial charge on any atom is -0.480 e. The largest absolute Gasteiger partial charge is 0.480 e. The lowest BCUT2D eigenvalue weighted by molar-refractivity contribution is -0.126. The van der Waals surface area contributed by atoms with E-state index in [1.54, 1.807) is 4.90 Å². The molecule has 0 radical (unpaired) electrons. The number of hydrogen-bond acceptors (Lipinski definition) is 2. The molecule has 0 aliphatic carbocycles. The molecule has 3 aromatic carbocycles. The van der Waals surface area contributed by atoms with Gasteiger partial charge >= 0.3 is 0 Å². The van der Waals surface area contributed by atoms with Crippen LogP contribution in [0.4, 0.5) is 11.4 Å². The van der Waals surface area contributed by atoms with Crippen molar-refractivity contribution in [2.45, 2.75) is 20.0 Å². The van der Waals surface area contributed by atoms with Crippen LogP contribution in [0.5, 0.6) is 5.75 Å². The van der Waals surface area contributed by atoms with Crippen LogP contribution in [0, 0.1) is 5.92 Å². The average molecular weight is 345 g/mol. The summed E-state index contributed by atoms with van der Waals surface area (Å²) in [5.74, 6) is 0.638. The number of carbonyl (C=O) groups excluding carboxylic acids is 1. The highest BCUT2D eigenvalue weighted by molar-refractivity contribution is 6.03. The van der Waals surface area contributed by atoms with Crippen LogP contribution in [0.2, 0.25) is 0 Å². The molecule has 3 nitrogen and oxygen atoms in total. The fourth-order valence-corrected chi connectivity index (χ4v) is 2.80. The monoisotopic (exact) mass is 345 g/mol. The van der Waals surface area contributed by atoms with Gasteiger partial charge in [-0.3, -0.25) is 9.69 Å². The van der Waals surface area contributed by atoms with Gasteiger partial charge in [-0.2, -0.15) is 0 Å². The number of amides is 1. The number of para-hydroxylation sites is 3. The van der Waals surface area contributed by atoms with E-state index < -0.39 is 6.10 Å². The Hall–Kier alpha value is -3.07. The summed E-state index contributed by atoms with van der Waals surface area (Å²) >= 11 is 0. The van der Waals surface area contributed by atoms with Crippen LogP contribution in [-0.4, -0.2) is 12.0 Å². The molecule has 3 aromatic rings. The number of nitrogens with zero attached hydrogens (tertiary/aromatic N) is 1. The number of rotatable bonds is 6. The van der Waals surface area contributed by atoms with Crippen molar-refractivity contribution in [2.75, 3.05) is 4.90 Å². The molecule has 0 bridgehead atoms. The summed E-state index contributed by atoms with van der Waals surface area (Å²) in [5.41, 5.74) is 1.65. The molecular weight excluding hydrogens is 322 g/mol. The van der Waals surface area contributed by atoms with Gasteiger partial charge in [-0.15, -0.1) is 0 Å². The third-order valence-electron chi connectivity index (χ3n) is 4.10. The van der Waals surface area contributed by atoms with Crippen LogP contribution in [-0.2, 0) is 4.79 Å². The lowest BCUT2D eigenvalue weighted by Gasteiger charge is -2.30. The maximum absolute atomic E-state index is 13.5. The predicted octanol–water partition coefficient (Wildman–Crippen LogP) is 5.45. The van der Waals surface area contributed by atoms with E-state index in [-0.39, 0.29) is 11.8 Å². The van der Waals surface area contributed by atoms with Gasteiger partial charge in [-0.1, -0.05) is 68.4 Å².